The number of halogens is 2. The summed E-state index contributed by atoms with van der Waals surface area (Å²) in [4.78, 5) is 0. The van der Waals surface area contributed by atoms with Gasteiger partial charge in [0.25, 0.3) is 0 Å². The zero-order valence-corrected chi connectivity index (χ0v) is 17.2. The van der Waals surface area contributed by atoms with Crippen LogP contribution in [0.2, 0.25) is 0 Å². The molecule has 24 heavy (non-hydrogen) atoms. The first kappa shape index (κ1) is 22.9. The fourth-order valence-electron chi connectivity index (χ4n) is 2.43. The summed E-state index contributed by atoms with van der Waals surface area (Å²) >= 11 is 0. The monoisotopic (exact) mass is 430 g/mol. The van der Waals surface area contributed by atoms with E-state index in [1.54, 1.807) is 0 Å². The first-order valence-electron chi connectivity index (χ1n) is 7.27. The summed E-state index contributed by atoms with van der Waals surface area (Å²) in [5.41, 5.74) is 2.77. The third-order valence-electron chi connectivity index (χ3n) is 3.53. The van der Waals surface area contributed by atoms with Gasteiger partial charge in [0.15, 0.2) is 0 Å². The molecule has 0 aliphatic carbocycles. The van der Waals surface area contributed by atoms with E-state index >= 15 is 0 Å². The molecule has 4 aromatic rings. The summed E-state index contributed by atoms with van der Waals surface area (Å²) in [7, 11) is 0. The molecular weight excluding hydrogens is 414 g/mol. The molecule has 0 amide bonds. The Bertz CT molecular complexity index is 744. The van der Waals surface area contributed by atoms with Crippen molar-refractivity contribution in [3.63, 3.8) is 0 Å². The molecule has 0 saturated carbocycles. The Balaban J connectivity index is 0.000000402. The first-order chi connectivity index (χ1) is 10.4. The zero-order chi connectivity index (χ0) is 14.3. The maximum atomic E-state index is 2.16. The van der Waals surface area contributed by atoms with Crippen LogP contribution in [0.25, 0.3) is 10.8 Å². The molecule has 0 unspecified atom stereocenters. The second kappa shape index (κ2) is 12.3. The SMILES string of the molecule is [Cl-].[Cl-].[Zr+4].c1ccc(C[c-]2cccc2)cc1.c1ccc2[cH-]ccc2c1. The van der Waals surface area contributed by atoms with Crippen LogP contribution in [0.15, 0.2) is 97.1 Å². The molecule has 0 N–H and O–H groups in total. The molecule has 120 valence electrons. The molecule has 0 nitrogen and oxygen atoms in total. The number of benzene rings is 2. The van der Waals surface area contributed by atoms with Crippen molar-refractivity contribution in [3.8, 4) is 0 Å². The molecule has 0 aliphatic heterocycles. The molecule has 0 atom stereocenters. The zero-order valence-electron chi connectivity index (χ0n) is 13.2. The van der Waals surface area contributed by atoms with Crippen molar-refractivity contribution in [2.75, 3.05) is 0 Å². The summed E-state index contributed by atoms with van der Waals surface area (Å²) in [6, 6.07) is 33.7. The molecule has 0 heterocycles. The van der Waals surface area contributed by atoms with Crippen LogP contribution in [-0.2, 0) is 32.6 Å². The minimum absolute atomic E-state index is 0. The van der Waals surface area contributed by atoms with Crippen LogP contribution in [0.5, 0.6) is 0 Å². The Morgan fingerprint density at radius 3 is 2.00 bits per heavy atom. The van der Waals surface area contributed by atoms with Gasteiger partial charge in [-0.05, 0) is 6.42 Å². The van der Waals surface area contributed by atoms with Crippen molar-refractivity contribution in [3.05, 3.63) is 108 Å². The minimum Gasteiger partial charge on any atom is -1.00 e. The van der Waals surface area contributed by atoms with Crippen LogP contribution in [0, 0.1) is 0 Å². The fraction of sp³-hybridized carbons (Fsp3) is 0.0476. The molecule has 4 rings (SSSR count). The van der Waals surface area contributed by atoms with Gasteiger partial charge in [-0.15, -0.1) is 29.7 Å². The summed E-state index contributed by atoms with van der Waals surface area (Å²) in [6.45, 7) is 0. The first-order valence-corrected chi connectivity index (χ1v) is 7.27. The number of fused-ring (bicyclic) bond motifs is 1. The van der Waals surface area contributed by atoms with Crippen LogP contribution in [-0.4, -0.2) is 0 Å². The summed E-state index contributed by atoms with van der Waals surface area (Å²) in [5.74, 6) is 0. The van der Waals surface area contributed by atoms with Gasteiger partial charge in [0, 0.05) is 0 Å². The number of rotatable bonds is 2. The third-order valence-corrected chi connectivity index (χ3v) is 3.53. The van der Waals surface area contributed by atoms with Gasteiger partial charge in [0.05, 0.1) is 0 Å². The smallest absolute Gasteiger partial charge is 1.00 e. The predicted octanol–water partition coefficient (Wildman–Crippen LogP) is -0.439. The average Bonchev–Trinajstić information content (AvgIpc) is 3.20. The Morgan fingerprint density at radius 1 is 0.708 bits per heavy atom. The molecule has 0 bridgehead atoms. The van der Waals surface area contributed by atoms with Gasteiger partial charge >= 0.3 is 26.2 Å². The van der Waals surface area contributed by atoms with Crippen LogP contribution >= 0.6 is 0 Å². The Labute approximate surface area is 175 Å². The van der Waals surface area contributed by atoms with Crippen molar-refractivity contribution in [1.29, 1.82) is 0 Å². The van der Waals surface area contributed by atoms with Crippen molar-refractivity contribution in [2.45, 2.75) is 6.42 Å². The van der Waals surface area contributed by atoms with E-state index in [9.17, 15) is 0 Å². The van der Waals surface area contributed by atoms with Gasteiger partial charge in [-0.3, -0.25) is 0 Å². The maximum Gasteiger partial charge on any atom is 4.00 e. The normalized spacial score (nSPS) is 8.83. The summed E-state index contributed by atoms with van der Waals surface area (Å²) in [5, 5.41) is 2.66. The predicted molar refractivity (Wildman–Crippen MR) is 90.8 cm³/mol. The molecule has 3 heteroatoms. The van der Waals surface area contributed by atoms with Gasteiger partial charge in [0.2, 0.25) is 0 Å². The van der Waals surface area contributed by atoms with Gasteiger partial charge in [0.1, 0.15) is 0 Å². The Kier molecular flexibility index (Phi) is 11.7. The van der Waals surface area contributed by atoms with Gasteiger partial charge in [-0.25, -0.2) is 12.1 Å². The van der Waals surface area contributed by atoms with Crippen molar-refractivity contribution >= 4 is 10.8 Å². The molecule has 0 aromatic heterocycles. The average molecular weight is 433 g/mol. The Hall–Kier alpha value is -1.14. The van der Waals surface area contributed by atoms with Crippen LogP contribution in [0.3, 0.4) is 0 Å². The minimum atomic E-state index is 0. The second-order valence-corrected chi connectivity index (χ2v) is 5.11. The molecule has 0 saturated heterocycles. The number of hydrogen-bond acceptors (Lipinski definition) is 0. The van der Waals surface area contributed by atoms with E-state index in [1.165, 1.54) is 21.9 Å². The standard InChI is InChI=1S/C12H11.C9H7.2ClH.Zr/c1-2-6-11(7-3-1)10-12-8-4-5-9-12;1-2-5-9-7-3-6-8(9)4-1;;;/h1-9H,10H2;1-7H;2*1H;/q2*-1;;;+4/p-2. The topological polar surface area (TPSA) is 0 Å². The second-order valence-electron chi connectivity index (χ2n) is 5.11. The molecule has 0 radical (unpaired) electrons. The fourth-order valence-corrected chi connectivity index (χ4v) is 2.43. The van der Waals surface area contributed by atoms with E-state index in [4.69, 9.17) is 0 Å². The molecule has 0 aliphatic rings. The van der Waals surface area contributed by atoms with Crippen molar-refractivity contribution < 1.29 is 51.0 Å². The van der Waals surface area contributed by atoms with E-state index < -0.39 is 0 Å². The van der Waals surface area contributed by atoms with Crippen LogP contribution in [0.4, 0.5) is 0 Å². The Morgan fingerprint density at radius 2 is 1.33 bits per heavy atom. The molecule has 0 fully saturated rings. The van der Waals surface area contributed by atoms with E-state index in [0.29, 0.717) is 0 Å². The van der Waals surface area contributed by atoms with E-state index in [0.717, 1.165) is 6.42 Å². The molecular formula is C21H18Cl2Zr. The van der Waals surface area contributed by atoms with Crippen molar-refractivity contribution in [1.82, 2.24) is 0 Å². The third kappa shape index (κ3) is 6.77. The van der Waals surface area contributed by atoms with E-state index in [1.807, 2.05) is 0 Å². The van der Waals surface area contributed by atoms with Gasteiger partial charge in [-0.1, -0.05) is 42.0 Å². The van der Waals surface area contributed by atoms with Gasteiger partial charge < -0.3 is 24.8 Å². The van der Waals surface area contributed by atoms with Crippen LogP contribution in [0.1, 0.15) is 11.1 Å². The summed E-state index contributed by atoms with van der Waals surface area (Å²) < 4.78 is 0. The number of hydrogen-bond donors (Lipinski definition) is 0. The van der Waals surface area contributed by atoms with E-state index in [-0.39, 0.29) is 51.0 Å². The van der Waals surface area contributed by atoms with Crippen molar-refractivity contribution in [2.24, 2.45) is 0 Å². The molecule has 4 aromatic carbocycles. The maximum absolute atomic E-state index is 2.16. The summed E-state index contributed by atoms with van der Waals surface area (Å²) in [6.07, 6.45) is 1.05. The van der Waals surface area contributed by atoms with Gasteiger partial charge in [-0.2, -0.15) is 35.2 Å². The van der Waals surface area contributed by atoms with E-state index in [2.05, 4.69) is 97.1 Å². The van der Waals surface area contributed by atoms with Crippen LogP contribution < -0.4 is 24.8 Å². The quantitative estimate of drug-likeness (QED) is 0.377. The molecule has 0 spiro atoms. The largest absolute Gasteiger partial charge is 4.00 e.